The molecule has 1 atom stereocenters. The summed E-state index contributed by atoms with van der Waals surface area (Å²) in [5.41, 5.74) is 1.27. The molecule has 0 amide bonds. The predicted octanol–water partition coefficient (Wildman–Crippen LogP) is 3.08. The number of sulfone groups is 1. The first-order valence-electron chi connectivity index (χ1n) is 7.44. The van der Waals surface area contributed by atoms with Crippen LogP contribution in [0.15, 0.2) is 24.3 Å². The third-order valence-corrected chi connectivity index (χ3v) is 5.96. The number of halogens is 1. The summed E-state index contributed by atoms with van der Waals surface area (Å²) in [7, 11) is -2.84. The molecule has 0 aliphatic carbocycles. The van der Waals surface area contributed by atoms with E-state index in [0.717, 1.165) is 30.8 Å². The van der Waals surface area contributed by atoms with Gasteiger partial charge < -0.3 is 5.32 Å². The summed E-state index contributed by atoms with van der Waals surface area (Å²) in [6.45, 7) is 5.19. The van der Waals surface area contributed by atoms with Crippen LogP contribution in [0.25, 0.3) is 0 Å². The van der Waals surface area contributed by atoms with Crippen molar-refractivity contribution in [3.8, 4) is 0 Å². The van der Waals surface area contributed by atoms with Gasteiger partial charge in [-0.1, -0.05) is 37.6 Å². The minimum Gasteiger partial charge on any atom is -0.312 e. The maximum Gasteiger partial charge on any atom is 0.151 e. The molecule has 1 aliphatic rings. The minimum atomic E-state index is -2.84. The van der Waals surface area contributed by atoms with Gasteiger partial charge in [-0.3, -0.25) is 0 Å². The van der Waals surface area contributed by atoms with Crippen molar-refractivity contribution in [1.82, 2.24) is 5.32 Å². The fourth-order valence-corrected chi connectivity index (χ4v) is 4.75. The Hall–Kier alpha value is -0.580. The topological polar surface area (TPSA) is 46.2 Å². The molecule has 0 bridgehead atoms. The van der Waals surface area contributed by atoms with Gasteiger partial charge >= 0.3 is 0 Å². The fraction of sp³-hybridized carbons (Fsp3) is 0.625. The highest BCUT2D eigenvalue weighted by molar-refractivity contribution is 7.91. The normalized spacial score (nSPS) is 22.1. The van der Waals surface area contributed by atoms with E-state index in [-0.39, 0.29) is 17.2 Å². The zero-order chi connectivity index (χ0) is 15.5. The van der Waals surface area contributed by atoms with Crippen molar-refractivity contribution in [3.63, 3.8) is 0 Å². The molecule has 2 rings (SSSR count). The number of benzene rings is 1. The molecule has 5 heteroatoms. The molecule has 0 spiro atoms. The maximum absolute atomic E-state index is 11.7. The second-order valence-electron chi connectivity index (χ2n) is 6.81. The second-order valence-corrected chi connectivity index (χ2v) is 9.47. The van der Waals surface area contributed by atoms with Crippen LogP contribution in [0.1, 0.15) is 32.3 Å². The molecule has 1 aromatic rings. The van der Waals surface area contributed by atoms with Crippen molar-refractivity contribution in [2.45, 2.75) is 39.2 Å². The summed E-state index contributed by atoms with van der Waals surface area (Å²) in [4.78, 5) is 0. The lowest BCUT2D eigenvalue weighted by molar-refractivity contribution is 0.314. The summed E-state index contributed by atoms with van der Waals surface area (Å²) in [5.74, 6) is 0.622. The quantitative estimate of drug-likeness (QED) is 0.903. The Morgan fingerprint density at radius 1 is 1.38 bits per heavy atom. The largest absolute Gasteiger partial charge is 0.312 e. The van der Waals surface area contributed by atoms with Crippen molar-refractivity contribution < 1.29 is 8.42 Å². The highest BCUT2D eigenvalue weighted by atomic mass is 35.5. The van der Waals surface area contributed by atoms with Gasteiger partial charge in [0, 0.05) is 17.6 Å². The van der Waals surface area contributed by atoms with Gasteiger partial charge in [-0.25, -0.2) is 8.42 Å². The number of nitrogens with one attached hydrogen (secondary N) is 1. The van der Waals surface area contributed by atoms with Gasteiger partial charge in [-0.05, 0) is 42.4 Å². The van der Waals surface area contributed by atoms with Gasteiger partial charge in [-0.2, -0.15) is 0 Å². The van der Waals surface area contributed by atoms with Crippen LogP contribution in [0.5, 0.6) is 0 Å². The average Bonchev–Trinajstić information content (AvgIpc) is 2.35. The van der Waals surface area contributed by atoms with Crippen molar-refractivity contribution in [2.24, 2.45) is 5.41 Å². The Labute approximate surface area is 133 Å². The van der Waals surface area contributed by atoms with E-state index >= 15 is 0 Å². The Morgan fingerprint density at radius 2 is 2.14 bits per heavy atom. The monoisotopic (exact) mass is 329 g/mol. The smallest absolute Gasteiger partial charge is 0.151 e. The Morgan fingerprint density at radius 3 is 2.81 bits per heavy atom. The highest BCUT2D eigenvalue weighted by Crippen LogP contribution is 2.23. The molecule has 1 heterocycles. The van der Waals surface area contributed by atoms with Crippen LogP contribution in [-0.2, 0) is 16.3 Å². The van der Waals surface area contributed by atoms with Gasteiger partial charge in [0.05, 0.1) is 11.5 Å². The van der Waals surface area contributed by atoms with Crippen LogP contribution in [0, 0.1) is 5.41 Å². The Balaban J connectivity index is 1.89. The van der Waals surface area contributed by atoms with E-state index in [2.05, 4.69) is 25.2 Å². The summed E-state index contributed by atoms with van der Waals surface area (Å²) < 4.78 is 23.3. The van der Waals surface area contributed by atoms with Crippen LogP contribution in [0.3, 0.4) is 0 Å². The number of hydrogen-bond acceptors (Lipinski definition) is 3. The van der Waals surface area contributed by atoms with E-state index < -0.39 is 9.84 Å². The van der Waals surface area contributed by atoms with E-state index in [4.69, 9.17) is 11.6 Å². The average molecular weight is 330 g/mol. The first-order valence-corrected chi connectivity index (χ1v) is 9.64. The zero-order valence-corrected chi connectivity index (χ0v) is 14.3. The SMILES string of the molecule is CC(C)(CN[C@H]1CCCS(=O)(=O)C1)Cc1cccc(Cl)c1. The van der Waals surface area contributed by atoms with Crippen LogP contribution in [-0.4, -0.2) is 32.5 Å². The molecule has 1 N–H and O–H groups in total. The van der Waals surface area contributed by atoms with Crippen molar-refractivity contribution >= 4 is 21.4 Å². The third-order valence-electron chi connectivity index (χ3n) is 3.90. The van der Waals surface area contributed by atoms with Crippen molar-refractivity contribution in [2.75, 3.05) is 18.1 Å². The molecule has 1 aromatic carbocycles. The standard InChI is InChI=1S/C16H24ClNO2S/c1-16(2,10-13-5-3-6-14(17)9-13)12-18-15-7-4-8-21(19,20)11-15/h3,5-6,9,15,18H,4,7-8,10-12H2,1-2H3/t15-/m0/s1. The molecule has 118 valence electrons. The summed E-state index contributed by atoms with van der Waals surface area (Å²) in [6.07, 6.45) is 2.64. The molecule has 21 heavy (non-hydrogen) atoms. The summed E-state index contributed by atoms with van der Waals surface area (Å²) in [5, 5.41) is 4.20. The van der Waals surface area contributed by atoms with E-state index in [0.29, 0.717) is 5.75 Å². The van der Waals surface area contributed by atoms with Crippen LogP contribution < -0.4 is 5.32 Å². The number of rotatable bonds is 5. The predicted molar refractivity (Wildman–Crippen MR) is 88.6 cm³/mol. The van der Waals surface area contributed by atoms with Crippen LogP contribution >= 0.6 is 11.6 Å². The van der Waals surface area contributed by atoms with Crippen LogP contribution in [0.2, 0.25) is 5.02 Å². The first kappa shape index (κ1) is 16.8. The molecule has 0 aromatic heterocycles. The molecule has 3 nitrogen and oxygen atoms in total. The molecule has 0 saturated carbocycles. The van der Waals surface area contributed by atoms with Crippen LogP contribution in [0.4, 0.5) is 0 Å². The Bertz CT molecular complexity index is 584. The summed E-state index contributed by atoms with van der Waals surface area (Å²) >= 11 is 6.02. The molecule has 1 fully saturated rings. The zero-order valence-electron chi connectivity index (χ0n) is 12.7. The van der Waals surface area contributed by atoms with E-state index in [1.165, 1.54) is 5.56 Å². The lowest BCUT2D eigenvalue weighted by Crippen LogP contribution is -2.44. The lowest BCUT2D eigenvalue weighted by Gasteiger charge is -2.30. The molecule has 1 aliphatic heterocycles. The van der Waals surface area contributed by atoms with Gasteiger partial charge in [0.1, 0.15) is 0 Å². The molecule has 0 unspecified atom stereocenters. The minimum absolute atomic E-state index is 0.0614. The summed E-state index contributed by atoms with van der Waals surface area (Å²) in [6, 6.07) is 8.02. The van der Waals surface area contributed by atoms with E-state index in [9.17, 15) is 8.42 Å². The fourth-order valence-electron chi connectivity index (χ4n) is 2.87. The van der Waals surface area contributed by atoms with Crippen molar-refractivity contribution in [3.05, 3.63) is 34.9 Å². The third kappa shape index (κ3) is 5.61. The second kappa shape index (κ2) is 6.67. The van der Waals surface area contributed by atoms with Gasteiger partial charge in [0.2, 0.25) is 0 Å². The van der Waals surface area contributed by atoms with Crippen molar-refractivity contribution in [1.29, 1.82) is 0 Å². The number of hydrogen-bond donors (Lipinski definition) is 1. The van der Waals surface area contributed by atoms with Gasteiger partial charge in [0.15, 0.2) is 9.84 Å². The molecular formula is C16H24ClNO2S. The molecule has 0 radical (unpaired) electrons. The molecular weight excluding hydrogens is 306 g/mol. The van der Waals surface area contributed by atoms with E-state index in [1.54, 1.807) is 0 Å². The van der Waals surface area contributed by atoms with E-state index in [1.807, 2.05) is 18.2 Å². The van der Waals surface area contributed by atoms with Gasteiger partial charge in [0.25, 0.3) is 0 Å². The molecule has 1 saturated heterocycles. The van der Waals surface area contributed by atoms with Gasteiger partial charge in [-0.15, -0.1) is 0 Å². The Kier molecular flexibility index (Phi) is 5.33. The first-order chi connectivity index (χ1) is 9.76. The maximum atomic E-state index is 11.7. The highest BCUT2D eigenvalue weighted by Gasteiger charge is 2.26. The lowest BCUT2D eigenvalue weighted by atomic mass is 9.85.